The van der Waals surface area contributed by atoms with Gasteiger partial charge in [0.1, 0.15) is 5.82 Å². The molecule has 0 N–H and O–H groups in total. The van der Waals surface area contributed by atoms with E-state index < -0.39 is 0 Å². The maximum Gasteiger partial charge on any atom is 0.137 e. The highest BCUT2D eigenvalue weighted by Crippen LogP contribution is 2.38. The maximum absolute atomic E-state index is 13.3. The largest absolute Gasteiger partial charge is 0.206 e. The first-order valence-corrected chi connectivity index (χ1v) is 6.85. The van der Waals surface area contributed by atoms with Gasteiger partial charge in [0.05, 0.1) is 14.2 Å². The molecule has 84 valence electrons. The van der Waals surface area contributed by atoms with Crippen molar-refractivity contribution >= 4 is 50.5 Å². The van der Waals surface area contributed by atoms with Crippen LogP contribution in [0.3, 0.4) is 0 Å². The van der Waals surface area contributed by atoms with Crippen LogP contribution in [0.25, 0.3) is 0 Å². The van der Waals surface area contributed by atoms with Gasteiger partial charge in [0.15, 0.2) is 0 Å². The van der Waals surface area contributed by atoms with Crippen LogP contribution in [0.5, 0.6) is 0 Å². The zero-order chi connectivity index (χ0) is 11.7. The van der Waals surface area contributed by atoms with Crippen molar-refractivity contribution in [2.24, 2.45) is 0 Å². The second kappa shape index (κ2) is 5.05. The fourth-order valence-corrected chi connectivity index (χ4v) is 3.41. The highest BCUT2D eigenvalue weighted by atomic mass is 79.9. The molecule has 0 fully saturated rings. The van der Waals surface area contributed by atoms with E-state index in [1.165, 1.54) is 17.4 Å². The zero-order valence-corrected chi connectivity index (χ0v) is 11.8. The Kier molecular flexibility index (Phi) is 3.90. The van der Waals surface area contributed by atoms with Crippen molar-refractivity contribution in [1.82, 2.24) is 0 Å². The molecule has 5 heteroatoms. The predicted molar refractivity (Wildman–Crippen MR) is 71.1 cm³/mol. The maximum atomic E-state index is 13.3. The van der Waals surface area contributed by atoms with Gasteiger partial charge in [0, 0.05) is 4.88 Å². The van der Waals surface area contributed by atoms with Crippen LogP contribution in [0, 0.1) is 5.82 Å². The smallest absolute Gasteiger partial charge is 0.137 e. The molecule has 16 heavy (non-hydrogen) atoms. The summed E-state index contributed by atoms with van der Waals surface area (Å²) in [6.07, 6.45) is 0. The summed E-state index contributed by atoms with van der Waals surface area (Å²) < 4.78 is 14.4. The monoisotopic (exact) mass is 338 g/mol. The summed E-state index contributed by atoms with van der Waals surface area (Å²) in [5, 5.41) is -0.387. The first-order valence-electron chi connectivity index (χ1n) is 4.43. The zero-order valence-electron chi connectivity index (χ0n) is 7.88. The molecule has 0 amide bonds. The summed E-state index contributed by atoms with van der Waals surface area (Å²) in [5.74, 6) is -0.314. The van der Waals surface area contributed by atoms with Crippen LogP contribution in [-0.4, -0.2) is 0 Å². The second-order valence-corrected chi connectivity index (χ2v) is 6.12. The van der Waals surface area contributed by atoms with Gasteiger partial charge in [-0.25, -0.2) is 4.39 Å². The average Bonchev–Trinajstić information content (AvgIpc) is 2.68. The molecule has 1 unspecified atom stereocenters. The Morgan fingerprint density at radius 3 is 2.62 bits per heavy atom. The van der Waals surface area contributed by atoms with E-state index in [9.17, 15) is 4.39 Å². The Bertz CT molecular complexity index is 512. The average molecular weight is 340 g/mol. The number of hydrogen-bond donors (Lipinski definition) is 0. The number of benzene rings is 1. The van der Waals surface area contributed by atoms with Gasteiger partial charge in [0.25, 0.3) is 0 Å². The number of halogens is 4. The molecule has 0 saturated carbocycles. The number of thiophene rings is 1. The lowest BCUT2D eigenvalue weighted by Crippen LogP contribution is -1.93. The molecule has 0 nitrogen and oxygen atoms in total. The van der Waals surface area contributed by atoms with E-state index in [1.54, 1.807) is 18.2 Å². The highest BCUT2D eigenvalue weighted by Gasteiger charge is 2.17. The molecule has 0 aliphatic heterocycles. The Morgan fingerprint density at radius 1 is 1.25 bits per heavy atom. The van der Waals surface area contributed by atoms with E-state index in [4.69, 9.17) is 23.2 Å². The van der Waals surface area contributed by atoms with Crippen LogP contribution in [0.4, 0.5) is 4.39 Å². The van der Waals surface area contributed by atoms with Crippen molar-refractivity contribution in [3.63, 3.8) is 0 Å². The fraction of sp³-hybridized carbons (Fsp3) is 0.0909. The summed E-state index contributed by atoms with van der Waals surface area (Å²) in [6, 6.07) is 8.45. The third kappa shape index (κ3) is 2.43. The number of hydrogen-bond acceptors (Lipinski definition) is 1. The molecule has 0 aliphatic carbocycles. The SMILES string of the molecule is Fc1cccc(C(Cl)c2ccc(Cl)s2)c1Br. The topological polar surface area (TPSA) is 0 Å². The van der Waals surface area contributed by atoms with Crippen molar-refractivity contribution in [3.05, 3.63) is 55.4 Å². The Balaban J connectivity index is 2.41. The normalized spacial score (nSPS) is 12.8. The molecule has 0 spiro atoms. The van der Waals surface area contributed by atoms with Gasteiger partial charge in [-0.3, -0.25) is 0 Å². The fourth-order valence-electron chi connectivity index (χ4n) is 1.33. The first kappa shape index (κ1) is 12.4. The van der Waals surface area contributed by atoms with Crippen LogP contribution in [0.2, 0.25) is 4.34 Å². The number of rotatable bonds is 2. The Hall–Kier alpha value is -0.0900. The van der Waals surface area contributed by atoms with Gasteiger partial charge in [-0.15, -0.1) is 22.9 Å². The van der Waals surface area contributed by atoms with Gasteiger partial charge in [0.2, 0.25) is 0 Å². The van der Waals surface area contributed by atoms with Gasteiger partial charge in [-0.05, 0) is 39.7 Å². The van der Waals surface area contributed by atoms with E-state index in [2.05, 4.69) is 15.9 Å². The minimum Gasteiger partial charge on any atom is -0.206 e. The van der Waals surface area contributed by atoms with Gasteiger partial charge < -0.3 is 0 Å². The van der Waals surface area contributed by atoms with Crippen molar-refractivity contribution in [1.29, 1.82) is 0 Å². The van der Waals surface area contributed by atoms with E-state index >= 15 is 0 Å². The molecule has 1 atom stereocenters. The Morgan fingerprint density at radius 2 is 2.00 bits per heavy atom. The lowest BCUT2D eigenvalue weighted by molar-refractivity contribution is 0.618. The van der Waals surface area contributed by atoms with E-state index in [0.717, 1.165) is 4.88 Å². The Labute approximate surface area is 115 Å². The molecule has 1 aromatic heterocycles. The van der Waals surface area contributed by atoms with Crippen LogP contribution in [0.1, 0.15) is 15.8 Å². The number of alkyl halides is 1. The molecule has 2 rings (SSSR count). The second-order valence-electron chi connectivity index (χ2n) is 3.15. The summed E-state index contributed by atoms with van der Waals surface area (Å²) in [6.45, 7) is 0. The minimum atomic E-state index is -0.387. The van der Waals surface area contributed by atoms with Crippen molar-refractivity contribution < 1.29 is 4.39 Å². The van der Waals surface area contributed by atoms with Crippen LogP contribution in [0.15, 0.2) is 34.8 Å². The molecule has 0 bridgehead atoms. The first-order chi connectivity index (χ1) is 7.59. The molecule has 0 radical (unpaired) electrons. The summed E-state index contributed by atoms with van der Waals surface area (Å²) >= 11 is 16.7. The van der Waals surface area contributed by atoms with E-state index in [0.29, 0.717) is 14.4 Å². The summed E-state index contributed by atoms with van der Waals surface area (Å²) in [7, 11) is 0. The third-order valence-electron chi connectivity index (χ3n) is 2.10. The van der Waals surface area contributed by atoms with Gasteiger partial charge in [-0.1, -0.05) is 23.7 Å². The predicted octanol–water partition coefficient (Wildman–Crippen LogP) is 5.63. The summed E-state index contributed by atoms with van der Waals surface area (Å²) in [5.41, 5.74) is 0.709. The molecular formula is C11H6BrCl2FS. The summed E-state index contributed by atoms with van der Waals surface area (Å²) in [4.78, 5) is 0.901. The molecule has 0 saturated heterocycles. The third-order valence-corrected chi connectivity index (χ3v) is 4.83. The molecule has 1 heterocycles. The molecule has 1 aromatic carbocycles. The lowest BCUT2D eigenvalue weighted by Gasteiger charge is -2.10. The van der Waals surface area contributed by atoms with Crippen LogP contribution in [-0.2, 0) is 0 Å². The lowest BCUT2D eigenvalue weighted by atomic mass is 10.1. The van der Waals surface area contributed by atoms with Crippen molar-refractivity contribution in [2.45, 2.75) is 5.38 Å². The molecule has 2 aromatic rings. The van der Waals surface area contributed by atoms with E-state index in [1.807, 2.05) is 6.07 Å². The standard InChI is InChI=1S/C11H6BrCl2FS/c12-10-6(2-1-3-7(10)15)11(14)8-4-5-9(13)16-8/h1-5,11H. The van der Waals surface area contributed by atoms with E-state index in [-0.39, 0.29) is 11.2 Å². The van der Waals surface area contributed by atoms with Gasteiger partial charge in [-0.2, -0.15) is 0 Å². The van der Waals surface area contributed by atoms with Crippen LogP contribution < -0.4 is 0 Å². The molecule has 0 aliphatic rings. The van der Waals surface area contributed by atoms with Crippen molar-refractivity contribution in [2.75, 3.05) is 0 Å². The molecular weight excluding hydrogens is 334 g/mol. The highest BCUT2D eigenvalue weighted by molar-refractivity contribution is 9.10. The van der Waals surface area contributed by atoms with Crippen LogP contribution >= 0.6 is 50.5 Å². The minimum absolute atomic E-state index is 0.314. The van der Waals surface area contributed by atoms with Gasteiger partial charge >= 0.3 is 0 Å². The van der Waals surface area contributed by atoms with Crippen molar-refractivity contribution in [3.8, 4) is 0 Å². The quantitative estimate of drug-likeness (QED) is 0.622.